The quantitative estimate of drug-likeness (QED) is 0.334. The summed E-state index contributed by atoms with van der Waals surface area (Å²) >= 11 is 0. The summed E-state index contributed by atoms with van der Waals surface area (Å²) in [7, 11) is 1.80. The van der Waals surface area contributed by atoms with Crippen LogP contribution in [-0.4, -0.2) is 62.0 Å². The number of morpholine rings is 1. The van der Waals surface area contributed by atoms with Gasteiger partial charge < -0.3 is 25.0 Å². The molecule has 1 saturated heterocycles. The van der Waals surface area contributed by atoms with Gasteiger partial charge in [0.05, 0.1) is 24.9 Å². The van der Waals surface area contributed by atoms with Gasteiger partial charge in [0, 0.05) is 44.4 Å². The molecule has 30 heavy (non-hydrogen) atoms. The van der Waals surface area contributed by atoms with E-state index in [0.717, 1.165) is 50.0 Å². The average molecular weight is 531 g/mol. The zero-order chi connectivity index (χ0) is 21.1. The number of hydrogen-bond donors (Lipinski definition) is 2. The number of pyridine rings is 1. The van der Waals surface area contributed by atoms with E-state index in [2.05, 4.69) is 61.2 Å². The second-order valence-corrected chi connectivity index (χ2v) is 8.90. The van der Waals surface area contributed by atoms with Gasteiger partial charge in [-0.25, -0.2) is 9.98 Å². The molecule has 2 aliphatic rings. The average Bonchev–Trinajstić information content (AvgIpc) is 2.71. The lowest BCUT2D eigenvalue weighted by Crippen LogP contribution is -2.69. The molecule has 3 unspecified atom stereocenters. The molecule has 2 N–H and O–H groups in total. The van der Waals surface area contributed by atoms with Crippen LogP contribution in [0.2, 0.25) is 0 Å². The summed E-state index contributed by atoms with van der Waals surface area (Å²) in [4.78, 5) is 11.7. The zero-order valence-corrected chi connectivity index (χ0v) is 21.5. The molecule has 2 fully saturated rings. The number of aliphatic imine (C=N–C) groups is 1. The van der Waals surface area contributed by atoms with Crippen LogP contribution in [0.3, 0.4) is 0 Å². The maximum atomic E-state index is 5.75. The van der Waals surface area contributed by atoms with Gasteiger partial charge in [-0.05, 0) is 44.9 Å². The van der Waals surface area contributed by atoms with Crippen LogP contribution in [0.4, 0.5) is 5.82 Å². The zero-order valence-electron chi connectivity index (χ0n) is 19.2. The third-order valence-corrected chi connectivity index (χ3v) is 6.73. The van der Waals surface area contributed by atoms with Crippen LogP contribution < -0.4 is 15.5 Å². The Morgan fingerprint density at radius 1 is 1.40 bits per heavy atom. The highest BCUT2D eigenvalue weighted by molar-refractivity contribution is 14.0. The number of ether oxygens (including phenoxy) is 2. The molecular weight excluding hydrogens is 493 g/mol. The molecule has 1 aromatic heterocycles. The van der Waals surface area contributed by atoms with Crippen LogP contribution in [0.1, 0.15) is 46.6 Å². The van der Waals surface area contributed by atoms with Crippen molar-refractivity contribution in [2.75, 3.05) is 38.3 Å². The highest BCUT2D eigenvalue weighted by Gasteiger charge is 2.58. The molecule has 0 spiro atoms. The molecule has 3 atom stereocenters. The lowest BCUT2D eigenvalue weighted by Gasteiger charge is -2.59. The van der Waals surface area contributed by atoms with Crippen molar-refractivity contribution in [1.29, 1.82) is 0 Å². The summed E-state index contributed by atoms with van der Waals surface area (Å²) in [5, 5.41) is 6.98. The van der Waals surface area contributed by atoms with E-state index in [0.29, 0.717) is 12.6 Å². The fraction of sp³-hybridized carbons (Fsp3) is 0.727. The molecule has 0 amide bonds. The van der Waals surface area contributed by atoms with Crippen molar-refractivity contribution in [2.45, 2.75) is 65.3 Å². The highest BCUT2D eigenvalue weighted by atomic mass is 127. The van der Waals surface area contributed by atoms with E-state index in [-0.39, 0.29) is 41.1 Å². The summed E-state index contributed by atoms with van der Waals surface area (Å²) in [5.41, 5.74) is 1.09. The van der Waals surface area contributed by atoms with E-state index in [9.17, 15) is 0 Å². The fourth-order valence-corrected chi connectivity index (χ4v) is 4.14. The smallest absolute Gasteiger partial charge is 0.191 e. The van der Waals surface area contributed by atoms with Crippen LogP contribution in [0.15, 0.2) is 23.3 Å². The van der Waals surface area contributed by atoms with Crippen molar-refractivity contribution in [3.8, 4) is 0 Å². The van der Waals surface area contributed by atoms with Gasteiger partial charge in [-0.3, -0.25) is 0 Å². The van der Waals surface area contributed by atoms with Crippen molar-refractivity contribution in [3.63, 3.8) is 0 Å². The molecule has 170 valence electrons. The van der Waals surface area contributed by atoms with Crippen LogP contribution in [-0.2, 0) is 16.0 Å². The van der Waals surface area contributed by atoms with E-state index in [4.69, 9.17) is 14.5 Å². The molecule has 1 aliphatic heterocycles. The Morgan fingerprint density at radius 2 is 2.17 bits per heavy atom. The summed E-state index contributed by atoms with van der Waals surface area (Å²) < 4.78 is 11.4. The fourth-order valence-electron chi connectivity index (χ4n) is 4.14. The summed E-state index contributed by atoms with van der Waals surface area (Å²) in [6.07, 6.45) is 3.08. The Kier molecular flexibility index (Phi) is 8.76. The van der Waals surface area contributed by atoms with Crippen LogP contribution in [0.25, 0.3) is 0 Å². The number of rotatable bonds is 6. The molecule has 0 bridgehead atoms. The number of hydrogen-bond acceptors (Lipinski definition) is 5. The first kappa shape index (κ1) is 25.1. The summed E-state index contributed by atoms with van der Waals surface area (Å²) in [5.74, 6) is 1.85. The first-order valence-electron chi connectivity index (χ1n) is 10.7. The molecule has 7 nitrogen and oxygen atoms in total. The normalized spacial score (nSPS) is 28.3. The van der Waals surface area contributed by atoms with Gasteiger partial charge in [-0.15, -0.1) is 24.0 Å². The second-order valence-electron chi connectivity index (χ2n) is 8.90. The third-order valence-electron chi connectivity index (χ3n) is 6.73. The number of anilines is 1. The highest BCUT2D eigenvalue weighted by Crippen LogP contribution is 2.51. The summed E-state index contributed by atoms with van der Waals surface area (Å²) in [6, 6.07) is 4.50. The number of aromatic nitrogens is 1. The third kappa shape index (κ3) is 5.37. The maximum Gasteiger partial charge on any atom is 0.191 e. The number of methoxy groups -OCH3 is 1. The minimum absolute atomic E-state index is 0. The molecule has 1 aliphatic carbocycles. The molecule has 0 aromatic carbocycles. The van der Waals surface area contributed by atoms with Crippen molar-refractivity contribution in [3.05, 3.63) is 23.9 Å². The standard InChI is InChI=1S/C22H37N5O2.HI/c1-7-23-20(26-18-13-22(5,28-6)21(18,3)4)25-14-17-8-9-24-19(12-17)27-10-11-29-16(2)15-27;/h8-9,12,16,18H,7,10-11,13-15H2,1-6H3,(H2,23,25,26);1H. The van der Waals surface area contributed by atoms with Gasteiger partial charge in [0.25, 0.3) is 0 Å². The molecule has 8 heteroatoms. The molecular formula is C22H38IN5O2. The molecule has 1 aromatic rings. The minimum Gasteiger partial charge on any atom is -0.378 e. The topological polar surface area (TPSA) is 71.0 Å². The van der Waals surface area contributed by atoms with Gasteiger partial charge in [-0.2, -0.15) is 0 Å². The Bertz CT molecular complexity index is 729. The Hall–Kier alpha value is -1.13. The van der Waals surface area contributed by atoms with Crippen LogP contribution in [0.5, 0.6) is 0 Å². The van der Waals surface area contributed by atoms with Crippen LogP contribution >= 0.6 is 24.0 Å². The molecule has 2 heterocycles. The predicted molar refractivity (Wildman–Crippen MR) is 133 cm³/mol. The number of nitrogens with zero attached hydrogens (tertiary/aromatic N) is 3. The van der Waals surface area contributed by atoms with Crippen molar-refractivity contribution >= 4 is 35.8 Å². The predicted octanol–water partition coefficient (Wildman–Crippen LogP) is 3.18. The monoisotopic (exact) mass is 531 g/mol. The molecule has 1 saturated carbocycles. The molecule has 0 radical (unpaired) electrons. The van der Waals surface area contributed by atoms with Crippen LogP contribution in [0, 0.1) is 5.41 Å². The van der Waals surface area contributed by atoms with E-state index < -0.39 is 0 Å². The maximum absolute atomic E-state index is 5.75. The Morgan fingerprint density at radius 3 is 2.80 bits per heavy atom. The Labute approximate surface area is 198 Å². The molecule has 3 rings (SSSR count). The van der Waals surface area contributed by atoms with Gasteiger partial charge in [0.15, 0.2) is 5.96 Å². The number of nitrogens with one attached hydrogen (secondary N) is 2. The Balaban J connectivity index is 0.00000320. The second kappa shape index (κ2) is 10.5. The van der Waals surface area contributed by atoms with E-state index in [1.807, 2.05) is 12.3 Å². The van der Waals surface area contributed by atoms with E-state index in [1.54, 1.807) is 7.11 Å². The lowest BCUT2D eigenvalue weighted by atomic mass is 9.56. The SMILES string of the molecule is CCNC(=NCc1ccnc(N2CCOC(C)C2)c1)NC1CC(C)(OC)C1(C)C.I. The largest absolute Gasteiger partial charge is 0.378 e. The van der Waals surface area contributed by atoms with E-state index >= 15 is 0 Å². The van der Waals surface area contributed by atoms with Crippen molar-refractivity contribution in [2.24, 2.45) is 10.4 Å². The minimum atomic E-state index is -0.0999. The number of halogens is 1. The van der Waals surface area contributed by atoms with Gasteiger partial charge in [0.1, 0.15) is 5.82 Å². The van der Waals surface area contributed by atoms with Gasteiger partial charge >= 0.3 is 0 Å². The first-order chi connectivity index (χ1) is 13.8. The van der Waals surface area contributed by atoms with Crippen molar-refractivity contribution in [1.82, 2.24) is 15.6 Å². The summed E-state index contributed by atoms with van der Waals surface area (Å²) in [6.45, 7) is 14.8. The van der Waals surface area contributed by atoms with Gasteiger partial charge in [0.2, 0.25) is 0 Å². The number of guanidine groups is 1. The van der Waals surface area contributed by atoms with E-state index in [1.165, 1.54) is 0 Å². The van der Waals surface area contributed by atoms with Gasteiger partial charge in [-0.1, -0.05) is 13.8 Å². The van der Waals surface area contributed by atoms with Crippen molar-refractivity contribution < 1.29 is 9.47 Å². The first-order valence-corrected chi connectivity index (χ1v) is 10.7. The lowest BCUT2D eigenvalue weighted by molar-refractivity contribution is -0.176.